The van der Waals surface area contributed by atoms with E-state index in [1.807, 2.05) is 24.3 Å². The van der Waals surface area contributed by atoms with E-state index in [1.54, 1.807) is 20.1 Å². The summed E-state index contributed by atoms with van der Waals surface area (Å²) in [4.78, 5) is 21.3. The van der Waals surface area contributed by atoms with Crippen molar-refractivity contribution in [2.75, 3.05) is 20.2 Å². The van der Waals surface area contributed by atoms with Crippen molar-refractivity contribution in [2.45, 2.75) is 31.9 Å². The van der Waals surface area contributed by atoms with Crippen LogP contribution >= 0.6 is 0 Å². The van der Waals surface area contributed by atoms with Crippen molar-refractivity contribution in [3.05, 3.63) is 69.9 Å². The van der Waals surface area contributed by atoms with Crippen LogP contribution in [0.5, 0.6) is 5.75 Å². The number of H-pyrrole nitrogens is 1. The van der Waals surface area contributed by atoms with Crippen LogP contribution in [0.25, 0.3) is 0 Å². The first-order valence-electron chi connectivity index (χ1n) is 8.83. The minimum Gasteiger partial charge on any atom is -0.497 e. The summed E-state index contributed by atoms with van der Waals surface area (Å²) in [5.74, 6) is 1.46. The molecule has 2 heterocycles. The lowest BCUT2D eigenvalue weighted by molar-refractivity contribution is -0.921. The average molecular weight is 356 g/mol. The monoisotopic (exact) mass is 356 g/mol. The highest BCUT2D eigenvalue weighted by Gasteiger charge is 2.29. The van der Waals surface area contributed by atoms with E-state index in [1.165, 1.54) is 0 Å². The van der Waals surface area contributed by atoms with E-state index in [-0.39, 0.29) is 5.56 Å². The van der Waals surface area contributed by atoms with E-state index >= 15 is 0 Å². The molecule has 0 fully saturated rings. The van der Waals surface area contributed by atoms with E-state index in [2.05, 4.69) is 16.5 Å². The Balaban J connectivity index is 1.79. The van der Waals surface area contributed by atoms with Gasteiger partial charge in [0, 0.05) is 12.8 Å². The molecule has 1 aliphatic heterocycles. The van der Waals surface area contributed by atoms with E-state index in [0.717, 1.165) is 40.4 Å². The van der Waals surface area contributed by atoms with Gasteiger partial charge in [0.2, 0.25) is 0 Å². The number of nitrogens with one attached hydrogen (secondary N) is 2. The minimum atomic E-state index is -0.931. The smallest absolute Gasteiger partial charge is 0.260 e. The lowest BCUT2D eigenvalue weighted by Crippen LogP contribution is -3.13. The Hall–Kier alpha value is -2.44. The third kappa shape index (κ3) is 4.20. The number of aromatic amines is 1. The first-order chi connectivity index (χ1) is 12.4. The lowest BCUT2D eigenvalue weighted by Gasteiger charge is -2.29. The number of benzene rings is 1. The number of ether oxygens (including phenoxy) is 1. The molecule has 0 saturated carbocycles. The molecule has 3 N–H and O–H groups in total. The summed E-state index contributed by atoms with van der Waals surface area (Å²) in [7, 11) is 1.63. The predicted octanol–water partition coefficient (Wildman–Crippen LogP) is 0.247. The van der Waals surface area contributed by atoms with Crippen molar-refractivity contribution in [3.8, 4) is 5.75 Å². The number of rotatable bonds is 6. The fraction of sp³-hybridized carbons (Fsp3) is 0.400. The molecule has 6 nitrogen and oxygen atoms in total. The maximum Gasteiger partial charge on any atom is 0.260 e. The van der Waals surface area contributed by atoms with Crippen LogP contribution in [0.4, 0.5) is 0 Å². The lowest BCUT2D eigenvalue weighted by atomic mass is 10.0. The molecule has 0 amide bonds. The SMILES string of the molecule is C=C[C@](C)(O)C[NH+]1CCc2nc(Cc3cccc(OC)c3)[nH]c(=O)c2C1. The summed E-state index contributed by atoms with van der Waals surface area (Å²) in [6, 6.07) is 7.76. The van der Waals surface area contributed by atoms with Gasteiger partial charge < -0.3 is 19.7 Å². The Morgan fingerprint density at radius 2 is 2.31 bits per heavy atom. The Bertz CT molecular complexity index is 858. The number of aliphatic hydroxyl groups is 1. The number of quaternary nitrogens is 1. The summed E-state index contributed by atoms with van der Waals surface area (Å²) < 4.78 is 5.25. The van der Waals surface area contributed by atoms with E-state index in [4.69, 9.17) is 4.74 Å². The Morgan fingerprint density at radius 3 is 3.04 bits per heavy atom. The zero-order chi connectivity index (χ0) is 18.7. The first-order valence-corrected chi connectivity index (χ1v) is 8.83. The molecule has 3 rings (SSSR count). The average Bonchev–Trinajstić information content (AvgIpc) is 2.62. The van der Waals surface area contributed by atoms with Crippen molar-refractivity contribution in [1.29, 1.82) is 0 Å². The van der Waals surface area contributed by atoms with Gasteiger partial charge in [0.25, 0.3) is 5.56 Å². The number of methoxy groups -OCH3 is 1. The molecule has 0 radical (unpaired) electrons. The zero-order valence-corrected chi connectivity index (χ0v) is 15.3. The third-order valence-electron chi connectivity index (χ3n) is 4.85. The van der Waals surface area contributed by atoms with Gasteiger partial charge in [-0.1, -0.05) is 18.2 Å². The molecule has 6 heteroatoms. The number of aromatic nitrogens is 2. The van der Waals surface area contributed by atoms with Crippen LogP contribution in [-0.2, 0) is 19.4 Å². The maximum atomic E-state index is 12.6. The fourth-order valence-electron chi connectivity index (χ4n) is 3.41. The fourth-order valence-corrected chi connectivity index (χ4v) is 3.41. The second-order valence-electron chi connectivity index (χ2n) is 7.13. The van der Waals surface area contributed by atoms with E-state index in [9.17, 15) is 9.90 Å². The largest absolute Gasteiger partial charge is 0.497 e. The van der Waals surface area contributed by atoms with Gasteiger partial charge in [-0.25, -0.2) is 4.98 Å². The Labute approximate surface area is 153 Å². The van der Waals surface area contributed by atoms with Gasteiger partial charge in [-0.15, -0.1) is 6.58 Å². The molecule has 0 aliphatic carbocycles. The molecule has 0 spiro atoms. The number of hydrogen-bond acceptors (Lipinski definition) is 4. The zero-order valence-electron chi connectivity index (χ0n) is 15.3. The summed E-state index contributed by atoms with van der Waals surface area (Å²) >= 11 is 0. The highest BCUT2D eigenvalue weighted by atomic mass is 16.5. The van der Waals surface area contributed by atoms with E-state index < -0.39 is 5.60 Å². The number of hydrogen-bond donors (Lipinski definition) is 3. The topological polar surface area (TPSA) is 79.7 Å². The molecule has 1 unspecified atom stereocenters. The van der Waals surface area contributed by atoms with Gasteiger partial charge in [-0.05, 0) is 24.6 Å². The summed E-state index contributed by atoms with van der Waals surface area (Å²) in [6.45, 7) is 7.35. The molecular weight excluding hydrogens is 330 g/mol. The highest BCUT2D eigenvalue weighted by molar-refractivity contribution is 5.30. The molecule has 2 atom stereocenters. The highest BCUT2D eigenvalue weighted by Crippen LogP contribution is 2.15. The van der Waals surface area contributed by atoms with Gasteiger partial charge in [0.1, 0.15) is 30.3 Å². The van der Waals surface area contributed by atoms with Crippen LogP contribution in [0.15, 0.2) is 41.7 Å². The quantitative estimate of drug-likeness (QED) is 0.648. The molecule has 0 bridgehead atoms. The van der Waals surface area contributed by atoms with Gasteiger partial charge in [0.05, 0.1) is 24.9 Å². The minimum absolute atomic E-state index is 0.0802. The molecule has 1 aromatic carbocycles. The van der Waals surface area contributed by atoms with Crippen LogP contribution < -0.4 is 15.2 Å². The van der Waals surface area contributed by atoms with Crippen LogP contribution in [0.2, 0.25) is 0 Å². The summed E-state index contributed by atoms with van der Waals surface area (Å²) in [5, 5.41) is 10.2. The number of nitrogens with zero attached hydrogens (tertiary/aromatic N) is 1. The molecular formula is C20H26N3O3+. The molecule has 1 aliphatic rings. The molecule has 2 aromatic rings. The summed E-state index contributed by atoms with van der Waals surface area (Å²) in [5.41, 5.74) is 1.62. The Morgan fingerprint density at radius 1 is 1.50 bits per heavy atom. The predicted molar refractivity (Wildman–Crippen MR) is 99.6 cm³/mol. The Kier molecular flexibility index (Phi) is 5.25. The van der Waals surface area contributed by atoms with Gasteiger partial charge in [0.15, 0.2) is 0 Å². The maximum absolute atomic E-state index is 12.6. The summed E-state index contributed by atoms with van der Waals surface area (Å²) in [6.07, 6.45) is 2.84. The molecule has 138 valence electrons. The van der Waals surface area contributed by atoms with Crippen LogP contribution in [-0.4, -0.2) is 40.9 Å². The molecule has 1 aromatic heterocycles. The second-order valence-corrected chi connectivity index (χ2v) is 7.13. The second kappa shape index (κ2) is 7.43. The van der Waals surface area contributed by atoms with Crippen molar-refractivity contribution in [3.63, 3.8) is 0 Å². The van der Waals surface area contributed by atoms with Crippen molar-refractivity contribution in [2.24, 2.45) is 0 Å². The molecule has 26 heavy (non-hydrogen) atoms. The molecule has 0 saturated heterocycles. The van der Waals surface area contributed by atoms with Crippen LogP contribution in [0, 0.1) is 0 Å². The van der Waals surface area contributed by atoms with Crippen molar-refractivity contribution in [1.82, 2.24) is 9.97 Å². The third-order valence-corrected chi connectivity index (χ3v) is 4.85. The van der Waals surface area contributed by atoms with E-state index in [0.29, 0.717) is 25.3 Å². The normalized spacial score (nSPS) is 18.7. The van der Waals surface area contributed by atoms with Crippen molar-refractivity contribution >= 4 is 0 Å². The van der Waals surface area contributed by atoms with Crippen molar-refractivity contribution < 1.29 is 14.7 Å². The van der Waals surface area contributed by atoms with Gasteiger partial charge >= 0.3 is 0 Å². The van der Waals surface area contributed by atoms with Crippen LogP contribution in [0.3, 0.4) is 0 Å². The number of fused-ring (bicyclic) bond motifs is 1. The van der Waals surface area contributed by atoms with Gasteiger partial charge in [-0.3, -0.25) is 4.79 Å². The first kappa shape index (κ1) is 18.4. The standard InChI is InChI=1S/C20H25N3O3/c1-4-20(2,25)13-23-9-8-17-16(12-23)19(24)22-18(21-17)11-14-6-5-7-15(10-14)26-3/h4-7,10,25H,1,8-9,11-13H2,2-3H3,(H,21,22,24)/p+1/t20-/m0/s1. The van der Waals surface area contributed by atoms with Gasteiger partial charge in [-0.2, -0.15) is 0 Å². The van der Waals surface area contributed by atoms with Crippen LogP contribution in [0.1, 0.15) is 29.6 Å².